The summed E-state index contributed by atoms with van der Waals surface area (Å²) in [6, 6.07) is 12.5. The van der Waals surface area contributed by atoms with Gasteiger partial charge in [-0.25, -0.2) is 0 Å². The average molecular weight is 289 g/mol. The number of halogens is 1. The number of hydrogen-bond acceptors (Lipinski definition) is 2. The highest BCUT2D eigenvalue weighted by Gasteiger charge is 2.15. The summed E-state index contributed by atoms with van der Waals surface area (Å²) >= 11 is 6.28. The molecule has 1 aromatic heterocycles. The number of aryl methyl sites for hydroxylation is 2. The first-order valence-corrected chi connectivity index (χ1v) is 7.40. The van der Waals surface area contributed by atoms with Crippen LogP contribution in [-0.4, -0.2) is 11.5 Å². The normalized spacial score (nSPS) is 12.4. The molecule has 0 bridgehead atoms. The maximum absolute atomic E-state index is 6.28. The lowest BCUT2D eigenvalue weighted by atomic mass is 9.97. The molecule has 0 fully saturated rings. The number of benzene rings is 1. The molecular weight excluding hydrogens is 268 g/mol. The van der Waals surface area contributed by atoms with Crippen molar-refractivity contribution in [3.05, 3.63) is 63.9 Å². The zero-order valence-corrected chi connectivity index (χ0v) is 13.0. The Kier molecular flexibility index (Phi) is 5.16. The quantitative estimate of drug-likeness (QED) is 0.890. The Morgan fingerprint density at radius 1 is 1.15 bits per heavy atom. The van der Waals surface area contributed by atoms with Gasteiger partial charge in [-0.05, 0) is 50.1 Å². The van der Waals surface area contributed by atoms with Crippen LogP contribution in [0.5, 0.6) is 0 Å². The number of hydrogen-bond donors (Lipinski definition) is 1. The number of nitrogens with zero attached hydrogens (tertiary/aromatic N) is 1. The van der Waals surface area contributed by atoms with Crippen LogP contribution in [0.2, 0.25) is 5.02 Å². The number of pyridine rings is 1. The van der Waals surface area contributed by atoms with E-state index in [4.69, 9.17) is 11.6 Å². The van der Waals surface area contributed by atoms with Gasteiger partial charge in [0.1, 0.15) is 0 Å². The third-order valence-corrected chi connectivity index (χ3v) is 3.84. The fourth-order valence-electron chi connectivity index (χ4n) is 2.49. The van der Waals surface area contributed by atoms with Crippen LogP contribution in [0.4, 0.5) is 0 Å². The first-order chi connectivity index (χ1) is 9.61. The van der Waals surface area contributed by atoms with E-state index in [0.29, 0.717) is 0 Å². The second-order valence-corrected chi connectivity index (χ2v) is 5.44. The Morgan fingerprint density at radius 2 is 1.90 bits per heavy atom. The molecule has 106 valence electrons. The van der Waals surface area contributed by atoms with Gasteiger partial charge in [0, 0.05) is 22.5 Å². The second kappa shape index (κ2) is 6.87. The molecule has 0 saturated carbocycles. The summed E-state index contributed by atoms with van der Waals surface area (Å²) < 4.78 is 0. The third kappa shape index (κ3) is 3.59. The summed E-state index contributed by atoms with van der Waals surface area (Å²) in [5.41, 5.74) is 4.56. The molecule has 3 heteroatoms. The van der Waals surface area contributed by atoms with Crippen LogP contribution in [0.3, 0.4) is 0 Å². The van der Waals surface area contributed by atoms with E-state index in [9.17, 15) is 0 Å². The third-order valence-electron chi connectivity index (χ3n) is 3.47. The van der Waals surface area contributed by atoms with E-state index in [-0.39, 0.29) is 6.04 Å². The zero-order valence-electron chi connectivity index (χ0n) is 12.3. The Bertz CT molecular complexity index is 581. The molecule has 0 saturated heterocycles. The van der Waals surface area contributed by atoms with Crippen LogP contribution in [0.15, 0.2) is 36.4 Å². The SMILES string of the molecule is CCNC(Cc1ccccc1Cl)c1ccc(C)nc1C. The van der Waals surface area contributed by atoms with Gasteiger partial charge in [-0.1, -0.05) is 42.8 Å². The number of nitrogens with one attached hydrogen (secondary N) is 1. The van der Waals surface area contributed by atoms with Crippen molar-refractivity contribution < 1.29 is 0 Å². The van der Waals surface area contributed by atoms with E-state index in [1.165, 1.54) is 11.1 Å². The fourth-order valence-corrected chi connectivity index (χ4v) is 2.70. The van der Waals surface area contributed by atoms with E-state index in [0.717, 1.165) is 29.4 Å². The molecule has 2 rings (SSSR count). The molecule has 1 atom stereocenters. The highest BCUT2D eigenvalue weighted by Crippen LogP contribution is 2.25. The number of likely N-dealkylation sites (N-methyl/N-ethyl adjacent to an activating group) is 1. The summed E-state index contributed by atoms with van der Waals surface area (Å²) in [5, 5.41) is 4.36. The Labute approximate surface area is 126 Å². The van der Waals surface area contributed by atoms with Crippen LogP contribution in [0, 0.1) is 13.8 Å². The van der Waals surface area contributed by atoms with Crippen LogP contribution >= 0.6 is 11.6 Å². The lowest BCUT2D eigenvalue weighted by molar-refractivity contribution is 0.545. The molecule has 0 aliphatic carbocycles. The number of rotatable bonds is 5. The molecule has 0 radical (unpaired) electrons. The van der Waals surface area contributed by atoms with Crippen molar-refractivity contribution in [2.45, 2.75) is 33.2 Å². The summed E-state index contributed by atoms with van der Waals surface area (Å²) in [6.07, 6.45) is 0.874. The monoisotopic (exact) mass is 288 g/mol. The second-order valence-electron chi connectivity index (χ2n) is 5.03. The van der Waals surface area contributed by atoms with Crippen molar-refractivity contribution in [2.24, 2.45) is 0 Å². The standard InChI is InChI=1S/C17H21ClN2/c1-4-19-17(11-14-7-5-6-8-16(14)18)15-10-9-12(2)20-13(15)3/h5-10,17,19H,4,11H2,1-3H3. The molecule has 0 aliphatic heterocycles. The highest BCUT2D eigenvalue weighted by molar-refractivity contribution is 6.31. The molecule has 2 nitrogen and oxygen atoms in total. The van der Waals surface area contributed by atoms with Gasteiger partial charge < -0.3 is 5.32 Å². The summed E-state index contributed by atoms with van der Waals surface area (Å²) in [6.45, 7) is 7.13. The van der Waals surface area contributed by atoms with Crippen LogP contribution in [-0.2, 0) is 6.42 Å². The van der Waals surface area contributed by atoms with Crippen molar-refractivity contribution in [1.29, 1.82) is 0 Å². The minimum absolute atomic E-state index is 0.244. The van der Waals surface area contributed by atoms with Crippen molar-refractivity contribution in [3.8, 4) is 0 Å². The molecule has 2 aromatic rings. The van der Waals surface area contributed by atoms with Gasteiger partial charge in [0.05, 0.1) is 0 Å². The maximum atomic E-state index is 6.28. The van der Waals surface area contributed by atoms with Gasteiger partial charge >= 0.3 is 0 Å². The predicted octanol–water partition coefficient (Wildman–Crippen LogP) is 4.25. The van der Waals surface area contributed by atoms with Gasteiger partial charge in [0.25, 0.3) is 0 Å². The average Bonchev–Trinajstić information content (AvgIpc) is 2.41. The van der Waals surface area contributed by atoms with Crippen molar-refractivity contribution in [3.63, 3.8) is 0 Å². The lowest BCUT2D eigenvalue weighted by Crippen LogP contribution is -2.24. The molecule has 0 spiro atoms. The maximum Gasteiger partial charge on any atom is 0.0438 e. The first kappa shape index (κ1) is 15.0. The van der Waals surface area contributed by atoms with Crippen molar-refractivity contribution in [1.82, 2.24) is 10.3 Å². The van der Waals surface area contributed by atoms with Gasteiger partial charge in [-0.15, -0.1) is 0 Å². The lowest BCUT2D eigenvalue weighted by Gasteiger charge is -2.21. The van der Waals surface area contributed by atoms with Gasteiger partial charge in [0.15, 0.2) is 0 Å². The van der Waals surface area contributed by atoms with Gasteiger partial charge in [0.2, 0.25) is 0 Å². The fraction of sp³-hybridized carbons (Fsp3) is 0.353. The van der Waals surface area contributed by atoms with E-state index >= 15 is 0 Å². The van der Waals surface area contributed by atoms with Crippen molar-refractivity contribution >= 4 is 11.6 Å². The molecule has 20 heavy (non-hydrogen) atoms. The molecular formula is C17H21ClN2. The Hall–Kier alpha value is -1.38. The van der Waals surface area contributed by atoms with E-state index in [1.54, 1.807) is 0 Å². The number of aromatic nitrogens is 1. The molecule has 1 unspecified atom stereocenters. The summed E-state index contributed by atoms with van der Waals surface area (Å²) in [5.74, 6) is 0. The topological polar surface area (TPSA) is 24.9 Å². The minimum atomic E-state index is 0.244. The van der Waals surface area contributed by atoms with E-state index in [1.807, 2.05) is 25.1 Å². The van der Waals surface area contributed by atoms with Gasteiger partial charge in [-0.3, -0.25) is 4.98 Å². The summed E-state index contributed by atoms with van der Waals surface area (Å²) in [7, 11) is 0. The van der Waals surface area contributed by atoms with E-state index in [2.05, 4.69) is 42.3 Å². The van der Waals surface area contributed by atoms with Crippen LogP contribution in [0.1, 0.15) is 35.5 Å². The van der Waals surface area contributed by atoms with Crippen molar-refractivity contribution in [2.75, 3.05) is 6.54 Å². The molecule has 0 amide bonds. The predicted molar refractivity (Wildman–Crippen MR) is 85.3 cm³/mol. The van der Waals surface area contributed by atoms with E-state index < -0.39 is 0 Å². The smallest absolute Gasteiger partial charge is 0.0438 e. The first-order valence-electron chi connectivity index (χ1n) is 7.02. The zero-order chi connectivity index (χ0) is 14.5. The highest BCUT2D eigenvalue weighted by atomic mass is 35.5. The summed E-state index contributed by atoms with van der Waals surface area (Å²) in [4.78, 5) is 4.57. The molecule has 1 aromatic carbocycles. The minimum Gasteiger partial charge on any atom is -0.310 e. The van der Waals surface area contributed by atoms with Gasteiger partial charge in [-0.2, -0.15) is 0 Å². The van der Waals surface area contributed by atoms with Crippen LogP contribution in [0.25, 0.3) is 0 Å². The van der Waals surface area contributed by atoms with Crippen LogP contribution < -0.4 is 5.32 Å². The largest absolute Gasteiger partial charge is 0.310 e. The molecule has 0 aliphatic rings. The Balaban J connectivity index is 2.29. The molecule has 1 N–H and O–H groups in total. The Morgan fingerprint density at radius 3 is 2.55 bits per heavy atom. The molecule has 1 heterocycles.